The fourth-order valence-electron chi connectivity index (χ4n) is 9.48. The van der Waals surface area contributed by atoms with Crippen LogP contribution in [0.1, 0.15) is 91.9 Å². The summed E-state index contributed by atoms with van der Waals surface area (Å²) >= 11 is 0. The third-order valence-corrected chi connectivity index (χ3v) is 11.0. The molecule has 11 atom stereocenters. The van der Waals surface area contributed by atoms with E-state index >= 15 is 0 Å². The van der Waals surface area contributed by atoms with Crippen LogP contribution in [0.4, 0.5) is 0 Å². The Morgan fingerprint density at radius 3 is 2.33 bits per heavy atom. The van der Waals surface area contributed by atoms with Crippen molar-refractivity contribution in [3.05, 3.63) is 0 Å². The zero-order valence-electron chi connectivity index (χ0n) is 19.5. The second-order valence-corrected chi connectivity index (χ2v) is 12.0. The molecule has 0 heterocycles. The normalized spacial score (nSPS) is 51.5. The minimum absolute atomic E-state index is 0.194. The predicted octanol–water partition coefficient (Wildman–Crippen LogP) is 5.11. The molecule has 30 heavy (non-hydrogen) atoms. The van der Waals surface area contributed by atoms with Gasteiger partial charge < -0.3 is 15.3 Å². The summed E-state index contributed by atoms with van der Waals surface area (Å²) in [6, 6.07) is 0. The molecule has 4 saturated carbocycles. The number of aliphatic carboxylic acids is 1. The van der Waals surface area contributed by atoms with Crippen molar-refractivity contribution in [1.82, 2.24) is 0 Å². The summed E-state index contributed by atoms with van der Waals surface area (Å²) in [6.07, 6.45) is 9.27. The number of carboxylic acid groups (broad SMARTS) is 1. The van der Waals surface area contributed by atoms with E-state index in [9.17, 15) is 15.0 Å². The molecule has 0 amide bonds. The van der Waals surface area contributed by atoms with Crippen molar-refractivity contribution < 1.29 is 20.1 Å². The summed E-state index contributed by atoms with van der Waals surface area (Å²) in [5.74, 6) is 2.58. The summed E-state index contributed by atoms with van der Waals surface area (Å²) in [7, 11) is 0. The zero-order chi connectivity index (χ0) is 21.8. The van der Waals surface area contributed by atoms with Crippen LogP contribution in [-0.2, 0) is 4.79 Å². The number of carboxylic acids is 1. The van der Waals surface area contributed by atoms with E-state index in [-0.39, 0.29) is 29.5 Å². The van der Waals surface area contributed by atoms with Crippen LogP contribution in [0.5, 0.6) is 0 Å². The second kappa shape index (κ2) is 8.06. The Hall–Kier alpha value is -0.610. The summed E-state index contributed by atoms with van der Waals surface area (Å²) < 4.78 is 0. The number of hydrogen-bond donors (Lipinski definition) is 3. The second-order valence-electron chi connectivity index (χ2n) is 12.0. The maximum Gasteiger partial charge on any atom is 0.303 e. The van der Waals surface area contributed by atoms with Gasteiger partial charge in [0.2, 0.25) is 0 Å². The first-order valence-electron chi connectivity index (χ1n) is 12.7. The van der Waals surface area contributed by atoms with Crippen molar-refractivity contribution in [2.24, 2.45) is 52.3 Å². The van der Waals surface area contributed by atoms with Gasteiger partial charge in [0.05, 0.1) is 12.2 Å². The maximum atomic E-state index is 11.7. The Morgan fingerprint density at radius 1 is 1.00 bits per heavy atom. The lowest BCUT2D eigenvalue weighted by molar-refractivity contribution is -0.203. The smallest absolute Gasteiger partial charge is 0.303 e. The van der Waals surface area contributed by atoms with Gasteiger partial charge in [-0.15, -0.1) is 0 Å². The van der Waals surface area contributed by atoms with E-state index in [4.69, 9.17) is 5.11 Å². The van der Waals surface area contributed by atoms with Gasteiger partial charge in [-0.3, -0.25) is 4.79 Å². The lowest BCUT2D eigenvalue weighted by Gasteiger charge is -2.64. The molecule has 0 aromatic heterocycles. The van der Waals surface area contributed by atoms with E-state index in [1.165, 1.54) is 25.7 Å². The van der Waals surface area contributed by atoms with E-state index in [0.29, 0.717) is 41.4 Å². The van der Waals surface area contributed by atoms with Crippen LogP contribution in [0.15, 0.2) is 0 Å². The Bertz CT molecular complexity index is 649. The Kier molecular flexibility index (Phi) is 6.07. The van der Waals surface area contributed by atoms with Crippen LogP contribution in [0.2, 0.25) is 0 Å². The van der Waals surface area contributed by atoms with Crippen LogP contribution >= 0.6 is 0 Å². The zero-order valence-corrected chi connectivity index (χ0v) is 19.5. The Morgan fingerprint density at radius 2 is 1.67 bits per heavy atom. The number of fused-ring (bicyclic) bond motifs is 5. The van der Waals surface area contributed by atoms with Gasteiger partial charge in [-0.2, -0.15) is 0 Å². The molecule has 0 aliphatic heterocycles. The van der Waals surface area contributed by atoms with Crippen LogP contribution in [0.3, 0.4) is 0 Å². The minimum atomic E-state index is -0.683. The van der Waals surface area contributed by atoms with E-state index in [2.05, 4.69) is 27.7 Å². The minimum Gasteiger partial charge on any atom is -0.481 e. The molecule has 4 aliphatic carbocycles. The van der Waals surface area contributed by atoms with Gasteiger partial charge in [0.15, 0.2) is 0 Å². The summed E-state index contributed by atoms with van der Waals surface area (Å²) in [4.78, 5) is 11.1. The molecule has 172 valence electrons. The first kappa shape index (κ1) is 22.6. The van der Waals surface area contributed by atoms with Crippen molar-refractivity contribution in [2.75, 3.05) is 0 Å². The highest BCUT2D eigenvalue weighted by Gasteiger charge is 2.64. The third-order valence-electron chi connectivity index (χ3n) is 11.0. The fourth-order valence-corrected chi connectivity index (χ4v) is 9.48. The van der Waals surface area contributed by atoms with Crippen LogP contribution in [0.25, 0.3) is 0 Å². The molecule has 4 nitrogen and oxygen atoms in total. The Labute approximate surface area is 182 Å². The number of carbonyl (C=O) groups is 1. The molecule has 0 bridgehead atoms. The first-order chi connectivity index (χ1) is 14.1. The molecule has 0 saturated heterocycles. The van der Waals surface area contributed by atoms with E-state index in [1.54, 1.807) is 0 Å². The van der Waals surface area contributed by atoms with Crippen molar-refractivity contribution in [3.8, 4) is 0 Å². The van der Waals surface area contributed by atoms with Gasteiger partial charge in [0.25, 0.3) is 0 Å². The number of hydrogen-bond acceptors (Lipinski definition) is 3. The van der Waals surface area contributed by atoms with Crippen molar-refractivity contribution in [2.45, 2.75) is 104 Å². The molecule has 0 aromatic carbocycles. The largest absolute Gasteiger partial charge is 0.481 e. The molecule has 0 spiro atoms. The van der Waals surface area contributed by atoms with Gasteiger partial charge in [-0.05, 0) is 104 Å². The van der Waals surface area contributed by atoms with Gasteiger partial charge >= 0.3 is 5.97 Å². The molecule has 0 unspecified atom stereocenters. The average molecular weight is 421 g/mol. The van der Waals surface area contributed by atoms with E-state index in [0.717, 1.165) is 32.1 Å². The molecular formula is C26H44O4. The molecule has 0 radical (unpaired) electrons. The van der Waals surface area contributed by atoms with E-state index in [1.807, 2.05) is 0 Å². The quantitative estimate of drug-likeness (QED) is 0.577. The molecule has 4 aliphatic rings. The predicted molar refractivity (Wildman–Crippen MR) is 118 cm³/mol. The third kappa shape index (κ3) is 3.36. The SMILES string of the molecule is CC[C@H]1[C@@H](O)[C@H]2[C@@H](CC[C@]3(C)[C@@H]2CC[C@H]3[C@@H](C)CCC(=O)O)[C@@]2(C)CC[C@H](O)C[C@H]12. The Balaban J connectivity index is 1.61. The van der Waals surface area contributed by atoms with E-state index < -0.39 is 5.97 Å². The van der Waals surface area contributed by atoms with Crippen molar-refractivity contribution in [3.63, 3.8) is 0 Å². The number of rotatable bonds is 5. The summed E-state index contributed by atoms with van der Waals surface area (Å²) in [5.41, 5.74) is 0.480. The van der Waals surface area contributed by atoms with Gasteiger partial charge in [0.1, 0.15) is 0 Å². The van der Waals surface area contributed by atoms with Gasteiger partial charge in [-0.1, -0.05) is 34.1 Å². The summed E-state index contributed by atoms with van der Waals surface area (Å²) in [6.45, 7) is 9.44. The first-order valence-corrected chi connectivity index (χ1v) is 12.7. The van der Waals surface area contributed by atoms with Crippen molar-refractivity contribution in [1.29, 1.82) is 0 Å². The molecular weight excluding hydrogens is 376 g/mol. The van der Waals surface area contributed by atoms with Gasteiger partial charge in [-0.25, -0.2) is 0 Å². The summed E-state index contributed by atoms with van der Waals surface area (Å²) in [5, 5.41) is 31.3. The standard InChI is InChI=1S/C26H44O4/c1-5-17-21-14-16(27)10-12-26(21,4)20-11-13-25(3)18(15(2)6-9-22(28)29)7-8-19(25)23(20)24(17)30/h15-21,23-24,27,30H,5-14H2,1-4H3,(H,28,29)/t15-,16-,17+,18-,19+,20+,21+,23+,24+,25-,26+/m0/s1. The monoisotopic (exact) mass is 420 g/mol. The number of aliphatic hydroxyl groups excluding tert-OH is 2. The average Bonchev–Trinajstić information content (AvgIpc) is 3.05. The van der Waals surface area contributed by atoms with Crippen LogP contribution in [-0.4, -0.2) is 33.5 Å². The molecule has 0 aromatic rings. The van der Waals surface area contributed by atoms with Crippen LogP contribution in [0, 0.1) is 52.3 Å². The topological polar surface area (TPSA) is 77.8 Å². The maximum absolute atomic E-state index is 11.7. The lowest BCUT2D eigenvalue weighted by atomic mass is 9.41. The number of aliphatic hydroxyl groups is 2. The van der Waals surface area contributed by atoms with Crippen molar-refractivity contribution >= 4 is 5.97 Å². The molecule has 4 rings (SSSR count). The van der Waals surface area contributed by atoms with Crippen LogP contribution < -0.4 is 0 Å². The lowest BCUT2D eigenvalue weighted by Crippen LogP contribution is -2.62. The fraction of sp³-hybridized carbons (Fsp3) is 0.962. The highest BCUT2D eigenvalue weighted by Crippen LogP contribution is 2.69. The molecule has 4 heteroatoms. The molecule has 4 fully saturated rings. The van der Waals surface area contributed by atoms with Gasteiger partial charge in [0, 0.05) is 6.42 Å². The highest BCUT2D eigenvalue weighted by molar-refractivity contribution is 5.66. The molecule has 3 N–H and O–H groups in total. The highest BCUT2D eigenvalue weighted by atomic mass is 16.4.